The number of halogens is 1. The summed E-state index contributed by atoms with van der Waals surface area (Å²) in [5, 5.41) is 6.47. The van der Waals surface area contributed by atoms with E-state index in [-0.39, 0.29) is 29.8 Å². The summed E-state index contributed by atoms with van der Waals surface area (Å²) >= 11 is 0. The number of piperidine rings is 1. The van der Waals surface area contributed by atoms with Gasteiger partial charge in [-0.25, -0.2) is 0 Å². The van der Waals surface area contributed by atoms with E-state index in [1.165, 1.54) is 11.1 Å². The van der Waals surface area contributed by atoms with Gasteiger partial charge in [0, 0.05) is 13.0 Å². The maximum atomic E-state index is 12.4. The summed E-state index contributed by atoms with van der Waals surface area (Å²) in [5.74, 6) is 0.891. The molecule has 2 aliphatic rings. The molecule has 23 heavy (non-hydrogen) atoms. The summed E-state index contributed by atoms with van der Waals surface area (Å²) in [6.45, 7) is 9.24. The molecule has 1 atom stereocenters. The van der Waals surface area contributed by atoms with Crippen LogP contribution in [-0.4, -0.2) is 31.6 Å². The van der Waals surface area contributed by atoms with E-state index in [4.69, 9.17) is 4.74 Å². The monoisotopic (exact) mass is 338 g/mol. The molecule has 1 unspecified atom stereocenters. The zero-order valence-electron chi connectivity index (χ0n) is 14.2. The molecule has 1 saturated heterocycles. The summed E-state index contributed by atoms with van der Waals surface area (Å²) in [7, 11) is 0. The fourth-order valence-corrected chi connectivity index (χ4v) is 3.28. The molecule has 3 rings (SSSR count). The molecule has 0 spiro atoms. The zero-order chi connectivity index (χ0) is 15.7. The van der Waals surface area contributed by atoms with Crippen LogP contribution in [-0.2, 0) is 11.2 Å². The molecule has 2 N–H and O–H groups in total. The van der Waals surface area contributed by atoms with E-state index in [2.05, 4.69) is 37.5 Å². The lowest BCUT2D eigenvalue weighted by molar-refractivity contribution is -0.127. The first-order valence-electron chi connectivity index (χ1n) is 8.22. The molecule has 4 nitrogen and oxygen atoms in total. The van der Waals surface area contributed by atoms with Crippen LogP contribution in [0.5, 0.6) is 5.75 Å². The van der Waals surface area contributed by atoms with E-state index < -0.39 is 0 Å². The van der Waals surface area contributed by atoms with Crippen molar-refractivity contribution >= 4 is 18.3 Å². The Morgan fingerprint density at radius 2 is 1.96 bits per heavy atom. The van der Waals surface area contributed by atoms with Crippen molar-refractivity contribution in [2.45, 2.75) is 46.1 Å². The second-order valence-corrected chi connectivity index (χ2v) is 7.13. The standard InChI is InChI=1S/C18H26N2O2.ClH/c1-12-8-14-10-16(22-15(14)9-13(12)2)17(21)20-11-18(3)4-6-19-7-5-18;/h8-9,16,19H,4-7,10-11H2,1-3H3,(H,20,21);1H. The van der Waals surface area contributed by atoms with Gasteiger partial charge in [-0.1, -0.05) is 13.0 Å². The van der Waals surface area contributed by atoms with Gasteiger partial charge >= 0.3 is 0 Å². The van der Waals surface area contributed by atoms with Crippen molar-refractivity contribution in [3.05, 3.63) is 28.8 Å². The fourth-order valence-electron chi connectivity index (χ4n) is 3.28. The summed E-state index contributed by atoms with van der Waals surface area (Å²) in [6.07, 6.45) is 2.52. The zero-order valence-corrected chi connectivity index (χ0v) is 15.0. The van der Waals surface area contributed by atoms with E-state index in [0.717, 1.165) is 43.8 Å². The van der Waals surface area contributed by atoms with Gasteiger partial charge < -0.3 is 15.4 Å². The topological polar surface area (TPSA) is 50.4 Å². The third-order valence-electron chi connectivity index (χ3n) is 5.14. The molecule has 128 valence electrons. The van der Waals surface area contributed by atoms with Crippen molar-refractivity contribution in [2.75, 3.05) is 19.6 Å². The van der Waals surface area contributed by atoms with Gasteiger partial charge in [0.05, 0.1) is 0 Å². The highest BCUT2D eigenvalue weighted by Crippen LogP contribution is 2.32. The Morgan fingerprint density at radius 3 is 2.65 bits per heavy atom. The molecule has 0 aromatic heterocycles. The van der Waals surface area contributed by atoms with E-state index in [1.807, 2.05) is 6.07 Å². The van der Waals surface area contributed by atoms with Crippen molar-refractivity contribution in [2.24, 2.45) is 5.41 Å². The van der Waals surface area contributed by atoms with Gasteiger partial charge in [-0.15, -0.1) is 12.4 Å². The molecule has 1 fully saturated rings. The minimum atomic E-state index is -0.374. The molecule has 0 radical (unpaired) electrons. The summed E-state index contributed by atoms with van der Waals surface area (Å²) in [6, 6.07) is 4.19. The largest absolute Gasteiger partial charge is 0.480 e. The van der Waals surface area contributed by atoms with Crippen LogP contribution in [0.1, 0.15) is 36.5 Å². The Balaban J connectivity index is 0.00000192. The maximum Gasteiger partial charge on any atom is 0.261 e. The lowest BCUT2D eigenvalue weighted by Crippen LogP contribution is -2.46. The molecule has 5 heteroatoms. The number of fused-ring (bicyclic) bond motifs is 1. The first kappa shape index (κ1) is 18.1. The number of carbonyl (C=O) groups excluding carboxylic acids is 1. The molecular formula is C18H27ClN2O2. The normalized spacial score (nSPS) is 21.8. The smallest absolute Gasteiger partial charge is 0.261 e. The van der Waals surface area contributed by atoms with Crippen molar-refractivity contribution < 1.29 is 9.53 Å². The summed E-state index contributed by atoms with van der Waals surface area (Å²) in [4.78, 5) is 12.4. The number of hydrogen-bond donors (Lipinski definition) is 2. The second kappa shape index (κ2) is 7.10. The molecule has 2 heterocycles. The van der Waals surface area contributed by atoms with Crippen LogP contribution in [0.4, 0.5) is 0 Å². The summed E-state index contributed by atoms with van der Waals surface area (Å²) in [5.41, 5.74) is 3.82. The van der Waals surface area contributed by atoms with Gasteiger partial charge in [-0.2, -0.15) is 0 Å². The number of amides is 1. The molecule has 0 bridgehead atoms. The Labute approximate surface area is 144 Å². The highest BCUT2D eigenvalue weighted by molar-refractivity contribution is 5.85. The first-order valence-corrected chi connectivity index (χ1v) is 8.22. The Bertz CT molecular complexity index is 552. The van der Waals surface area contributed by atoms with Gasteiger partial charge in [0.25, 0.3) is 5.91 Å². The minimum Gasteiger partial charge on any atom is -0.480 e. The number of benzene rings is 1. The third-order valence-corrected chi connectivity index (χ3v) is 5.14. The molecule has 0 aliphatic carbocycles. The molecular weight excluding hydrogens is 312 g/mol. The van der Waals surface area contributed by atoms with E-state index >= 15 is 0 Å². The first-order chi connectivity index (χ1) is 10.5. The average molecular weight is 339 g/mol. The van der Waals surface area contributed by atoms with Crippen molar-refractivity contribution in [3.63, 3.8) is 0 Å². The molecule has 1 aromatic carbocycles. The number of rotatable bonds is 3. The number of aryl methyl sites for hydroxylation is 2. The van der Waals surface area contributed by atoms with E-state index in [9.17, 15) is 4.79 Å². The van der Waals surface area contributed by atoms with Crippen LogP contribution >= 0.6 is 12.4 Å². The van der Waals surface area contributed by atoms with Crippen LogP contribution in [0, 0.1) is 19.3 Å². The Kier molecular flexibility index (Phi) is 5.58. The fraction of sp³-hybridized carbons (Fsp3) is 0.611. The van der Waals surface area contributed by atoms with E-state index in [0.29, 0.717) is 6.42 Å². The molecule has 1 aromatic rings. The van der Waals surface area contributed by atoms with Gasteiger partial charge in [0.1, 0.15) is 5.75 Å². The number of carbonyl (C=O) groups is 1. The third kappa shape index (κ3) is 3.99. The van der Waals surface area contributed by atoms with Crippen molar-refractivity contribution in [1.29, 1.82) is 0 Å². The maximum absolute atomic E-state index is 12.4. The second-order valence-electron chi connectivity index (χ2n) is 7.13. The SMILES string of the molecule is Cc1cc2c(cc1C)OC(C(=O)NCC1(C)CCNCC1)C2.Cl. The Hall–Kier alpha value is -1.26. The molecule has 1 amide bonds. The highest BCUT2D eigenvalue weighted by Gasteiger charge is 2.32. The number of ether oxygens (including phenoxy) is 1. The summed E-state index contributed by atoms with van der Waals surface area (Å²) < 4.78 is 5.85. The Morgan fingerprint density at radius 1 is 1.30 bits per heavy atom. The van der Waals surface area contributed by atoms with Crippen LogP contribution in [0.3, 0.4) is 0 Å². The predicted octanol–water partition coefficient (Wildman–Crippen LogP) is 2.53. The van der Waals surface area contributed by atoms with Gasteiger partial charge in [-0.05, 0) is 68.0 Å². The van der Waals surface area contributed by atoms with Gasteiger partial charge in [-0.3, -0.25) is 4.79 Å². The van der Waals surface area contributed by atoms with E-state index in [1.54, 1.807) is 0 Å². The quantitative estimate of drug-likeness (QED) is 0.890. The molecule has 0 saturated carbocycles. The highest BCUT2D eigenvalue weighted by atomic mass is 35.5. The van der Waals surface area contributed by atoms with Crippen molar-refractivity contribution in [3.8, 4) is 5.75 Å². The van der Waals surface area contributed by atoms with Crippen LogP contribution in [0.25, 0.3) is 0 Å². The van der Waals surface area contributed by atoms with Gasteiger partial charge in [0.15, 0.2) is 6.10 Å². The van der Waals surface area contributed by atoms with Crippen molar-refractivity contribution in [1.82, 2.24) is 10.6 Å². The average Bonchev–Trinajstić information content (AvgIpc) is 2.89. The number of nitrogens with one attached hydrogen (secondary N) is 2. The van der Waals surface area contributed by atoms with Crippen LogP contribution in [0.15, 0.2) is 12.1 Å². The lowest BCUT2D eigenvalue weighted by atomic mass is 9.81. The minimum absolute atomic E-state index is 0. The van der Waals surface area contributed by atoms with Gasteiger partial charge in [0.2, 0.25) is 0 Å². The van der Waals surface area contributed by atoms with Crippen LogP contribution < -0.4 is 15.4 Å². The predicted molar refractivity (Wildman–Crippen MR) is 94.5 cm³/mol. The number of hydrogen-bond acceptors (Lipinski definition) is 3. The van der Waals surface area contributed by atoms with Crippen LogP contribution in [0.2, 0.25) is 0 Å². The lowest BCUT2D eigenvalue weighted by Gasteiger charge is -2.34. The molecule has 2 aliphatic heterocycles.